The first-order chi connectivity index (χ1) is 10.2. The fourth-order valence-corrected chi connectivity index (χ4v) is 2.50. The standard InChI is InChI=1S/C17H16ClNO2/c1-20-15-8-2-12(3-9-15)10-16-11-17(19-21-16)13-4-6-14(18)7-5-13/h2-9,16H,10-11H2,1H3. The summed E-state index contributed by atoms with van der Waals surface area (Å²) in [7, 11) is 1.67. The van der Waals surface area contributed by atoms with Gasteiger partial charge in [-0.15, -0.1) is 0 Å². The van der Waals surface area contributed by atoms with Crippen molar-refractivity contribution in [2.45, 2.75) is 18.9 Å². The van der Waals surface area contributed by atoms with Crippen molar-refractivity contribution in [1.82, 2.24) is 0 Å². The second-order valence-electron chi connectivity index (χ2n) is 5.03. The van der Waals surface area contributed by atoms with Gasteiger partial charge in [0.2, 0.25) is 0 Å². The Kier molecular flexibility index (Phi) is 4.11. The first kappa shape index (κ1) is 14.0. The highest BCUT2D eigenvalue weighted by molar-refractivity contribution is 6.30. The Morgan fingerprint density at radius 1 is 1.14 bits per heavy atom. The van der Waals surface area contributed by atoms with E-state index < -0.39 is 0 Å². The Bertz CT molecular complexity index is 635. The van der Waals surface area contributed by atoms with Gasteiger partial charge in [0.25, 0.3) is 0 Å². The number of nitrogens with zero attached hydrogens (tertiary/aromatic N) is 1. The highest BCUT2D eigenvalue weighted by Gasteiger charge is 2.22. The lowest BCUT2D eigenvalue weighted by atomic mass is 10.0. The van der Waals surface area contributed by atoms with Gasteiger partial charge < -0.3 is 9.57 Å². The lowest BCUT2D eigenvalue weighted by Gasteiger charge is -2.08. The van der Waals surface area contributed by atoms with E-state index in [1.165, 1.54) is 5.56 Å². The molecule has 0 fully saturated rings. The van der Waals surface area contributed by atoms with Crippen molar-refractivity contribution < 1.29 is 9.57 Å². The SMILES string of the molecule is COc1ccc(CC2CC(c3ccc(Cl)cc3)=NO2)cc1. The fourth-order valence-electron chi connectivity index (χ4n) is 2.38. The van der Waals surface area contributed by atoms with Crippen LogP contribution < -0.4 is 4.74 Å². The smallest absolute Gasteiger partial charge is 0.137 e. The van der Waals surface area contributed by atoms with Gasteiger partial charge >= 0.3 is 0 Å². The van der Waals surface area contributed by atoms with E-state index in [1.807, 2.05) is 36.4 Å². The zero-order valence-corrected chi connectivity index (χ0v) is 12.5. The van der Waals surface area contributed by atoms with Crippen molar-refractivity contribution >= 4 is 17.3 Å². The Morgan fingerprint density at radius 3 is 2.52 bits per heavy atom. The summed E-state index contributed by atoms with van der Waals surface area (Å²) in [6.45, 7) is 0. The van der Waals surface area contributed by atoms with E-state index in [9.17, 15) is 0 Å². The number of hydrogen-bond acceptors (Lipinski definition) is 3. The summed E-state index contributed by atoms with van der Waals surface area (Å²) in [6, 6.07) is 15.7. The summed E-state index contributed by atoms with van der Waals surface area (Å²) in [5.41, 5.74) is 3.26. The molecule has 0 bridgehead atoms. The molecule has 1 atom stereocenters. The minimum atomic E-state index is 0.0871. The monoisotopic (exact) mass is 301 g/mol. The van der Waals surface area contributed by atoms with E-state index >= 15 is 0 Å². The number of halogens is 1. The van der Waals surface area contributed by atoms with Crippen molar-refractivity contribution in [2.75, 3.05) is 7.11 Å². The third-order valence-electron chi connectivity index (χ3n) is 3.53. The minimum absolute atomic E-state index is 0.0871. The van der Waals surface area contributed by atoms with Crippen LogP contribution in [0.4, 0.5) is 0 Å². The van der Waals surface area contributed by atoms with Gasteiger partial charge in [-0.3, -0.25) is 0 Å². The maximum absolute atomic E-state index is 5.90. The van der Waals surface area contributed by atoms with E-state index in [4.69, 9.17) is 21.2 Å². The van der Waals surface area contributed by atoms with Crippen LogP contribution in [-0.2, 0) is 11.3 Å². The first-order valence-corrected chi connectivity index (χ1v) is 7.24. The maximum Gasteiger partial charge on any atom is 0.137 e. The molecule has 0 saturated heterocycles. The molecule has 1 aliphatic rings. The van der Waals surface area contributed by atoms with Crippen LogP contribution in [0.15, 0.2) is 53.7 Å². The Labute approximate surface area is 129 Å². The highest BCUT2D eigenvalue weighted by atomic mass is 35.5. The zero-order valence-electron chi connectivity index (χ0n) is 11.8. The van der Waals surface area contributed by atoms with Gasteiger partial charge in [-0.05, 0) is 35.4 Å². The molecule has 1 aliphatic heterocycles. The molecule has 3 rings (SSSR count). The number of ether oxygens (including phenoxy) is 1. The lowest BCUT2D eigenvalue weighted by molar-refractivity contribution is 0.0859. The molecular formula is C17H16ClNO2. The van der Waals surface area contributed by atoms with Crippen LogP contribution in [0.25, 0.3) is 0 Å². The molecule has 3 nitrogen and oxygen atoms in total. The third kappa shape index (κ3) is 3.37. The largest absolute Gasteiger partial charge is 0.497 e. The number of rotatable bonds is 4. The van der Waals surface area contributed by atoms with Gasteiger partial charge in [0.05, 0.1) is 12.8 Å². The normalized spacial score (nSPS) is 17.2. The fraction of sp³-hybridized carbons (Fsp3) is 0.235. The van der Waals surface area contributed by atoms with Gasteiger partial charge in [-0.25, -0.2) is 0 Å². The molecule has 0 radical (unpaired) electrons. The molecule has 21 heavy (non-hydrogen) atoms. The molecule has 0 spiro atoms. The van der Waals surface area contributed by atoms with E-state index in [-0.39, 0.29) is 6.10 Å². The summed E-state index contributed by atoms with van der Waals surface area (Å²) in [5, 5.41) is 4.93. The molecule has 2 aromatic carbocycles. The van der Waals surface area contributed by atoms with Crippen LogP contribution in [0.2, 0.25) is 5.02 Å². The van der Waals surface area contributed by atoms with Crippen LogP contribution in [0.5, 0.6) is 5.75 Å². The van der Waals surface area contributed by atoms with Gasteiger partial charge in [-0.1, -0.05) is 41.0 Å². The van der Waals surface area contributed by atoms with Crippen LogP contribution in [0.1, 0.15) is 17.5 Å². The Balaban J connectivity index is 1.61. The quantitative estimate of drug-likeness (QED) is 0.852. The van der Waals surface area contributed by atoms with Crippen molar-refractivity contribution in [2.24, 2.45) is 5.16 Å². The lowest BCUT2D eigenvalue weighted by Crippen LogP contribution is -2.11. The Hall–Kier alpha value is -2.00. The molecule has 4 heteroatoms. The minimum Gasteiger partial charge on any atom is -0.497 e. The van der Waals surface area contributed by atoms with E-state index in [1.54, 1.807) is 7.11 Å². The van der Waals surface area contributed by atoms with Gasteiger partial charge in [0.1, 0.15) is 11.9 Å². The van der Waals surface area contributed by atoms with Crippen molar-refractivity contribution in [3.05, 3.63) is 64.7 Å². The van der Waals surface area contributed by atoms with Crippen LogP contribution in [0, 0.1) is 0 Å². The second-order valence-corrected chi connectivity index (χ2v) is 5.47. The molecule has 0 aliphatic carbocycles. The van der Waals surface area contributed by atoms with Gasteiger partial charge in [-0.2, -0.15) is 0 Å². The van der Waals surface area contributed by atoms with E-state index in [0.717, 1.165) is 34.9 Å². The predicted molar refractivity (Wildman–Crippen MR) is 84.2 cm³/mol. The van der Waals surface area contributed by atoms with Crippen LogP contribution in [-0.4, -0.2) is 18.9 Å². The van der Waals surface area contributed by atoms with Crippen molar-refractivity contribution in [3.8, 4) is 5.75 Å². The van der Waals surface area contributed by atoms with Gasteiger partial charge in [0, 0.05) is 17.9 Å². The molecule has 1 unspecified atom stereocenters. The molecule has 0 aromatic heterocycles. The molecule has 108 valence electrons. The average molecular weight is 302 g/mol. The number of benzene rings is 2. The third-order valence-corrected chi connectivity index (χ3v) is 3.78. The summed E-state index contributed by atoms with van der Waals surface area (Å²) >= 11 is 5.90. The summed E-state index contributed by atoms with van der Waals surface area (Å²) in [4.78, 5) is 5.53. The topological polar surface area (TPSA) is 30.8 Å². The van der Waals surface area contributed by atoms with Crippen molar-refractivity contribution in [3.63, 3.8) is 0 Å². The van der Waals surface area contributed by atoms with Gasteiger partial charge in [0.15, 0.2) is 0 Å². The first-order valence-electron chi connectivity index (χ1n) is 6.86. The predicted octanol–water partition coefficient (Wildman–Crippen LogP) is 4.08. The van der Waals surface area contributed by atoms with Crippen LogP contribution in [0.3, 0.4) is 0 Å². The molecule has 0 amide bonds. The maximum atomic E-state index is 5.90. The van der Waals surface area contributed by atoms with Crippen molar-refractivity contribution in [1.29, 1.82) is 0 Å². The summed E-state index contributed by atoms with van der Waals surface area (Å²) in [5.74, 6) is 0.865. The van der Waals surface area contributed by atoms with Crippen LogP contribution >= 0.6 is 11.6 Å². The molecule has 1 heterocycles. The van der Waals surface area contributed by atoms with E-state index in [2.05, 4.69) is 17.3 Å². The summed E-state index contributed by atoms with van der Waals surface area (Å²) < 4.78 is 5.16. The molecule has 2 aromatic rings. The molecule has 0 saturated carbocycles. The number of oxime groups is 1. The highest BCUT2D eigenvalue weighted by Crippen LogP contribution is 2.22. The second kappa shape index (κ2) is 6.19. The number of methoxy groups -OCH3 is 1. The van der Waals surface area contributed by atoms with E-state index in [0.29, 0.717) is 0 Å². The average Bonchev–Trinajstić information content (AvgIpc) is 2.97. The number of hydrogen-bond donors (Lipinski definition) is 0. The summed E-state index contributed by atoms with van der Waals surface area (Å²) in [6.07, 6.45) is 1.74. The molecule has 0 N–H and O–H groups in total. The molecular weight excluding hydrogens is 286 g/mol. The Morgan fingerprint density at radius 2 is 1.86 bits per heavy atom. The zero-order chi connectivity index (χ0) is 14.7.